The zero-order chi connectivity index (χ0) is 20.1. The lowest BCUT2D eigenvalue weighted by Crippen LogP contribution is -2.43. The zero-order valence-electron chi connectivity index (χ0n) is 17.2. The van der Waals surface area contributed by atoms with E-state index in [4.69, 9.17) is 9.47 Å². The summed E-state index contributed by atoms with van der Waals surface area (Å²) in [6, 6.07) is 7.96. The molecule has 1 unspecified atom stereocenters. The molecule has 0 aliphatic carbocycles. The number of hydrogen-bond acceptors (Lipinski definition) is 4. The number of guanidine groups is 1. The number of carbonyl (C=O) groups is 1. The Kier molecular flexibility index (Phi) is 10.9. The third-order valence-electron chi connectivity index (χ3n) is 3.72. The number of amides is 1. The van der Waals surface area contributed by atoms with Gasteiger partial charge in [-0.05, 0) is 44.9 Å². The van der Waals surface area contributed by atoms with Gasteiger partial charge in [0.25, 0.3) is 0 Å². The smallest absolute Gasteiger partial charge is 0.243 e. The number of nitrogens with one attached hydrogen (secondary N) is 2. The molecule has 0 aliphatic rings. The molecule has 1 atom stereocenters. The van der Waals surface area contributed by atoms with Crippen LogP contribution in [0.1, 0.15) is 25.8 Å². The highest BCUT2D eigenvalue weighted by atomic mass is 16.5. The first kappa shape index (κ1) is 22.8. The number of ether oxygens (including phenoxy) is 2. The molecule has 0 saturated carbocycles. The molecule has 152 valence electrons. The highest BCUT2D eigenvalue weighted by molar-refractivity contribution is 5.84. The van der Waals surface area contributed by atoms with E-state index in [1.54, 1.807) is 14.1 Å². The molecular weight excluding hydrogens is 344 g/mol. The van der Waals surface area contributed by atoms with Crippen LogP contribution in [0.2, 0.25) is 0 Å². The number of likely N-dealkylation sites (N-methyl/N-ethyl adjacent to an activating group) is 1. The summed E-state index contributed by atoms with van der Waals surface area (Å²) in [7, 11) is 3.44. The molecule has 0 saturated heterocycles. The average molecular weight is 379 g/mol. The molecule has 0 heterocycles. The predicted molar refractivity (Wildman–Crippen MR) is 109 cm³/mol. The van der Waals surface area contributed by atoms with Crippen LogP contribution in [0.5, 0.6) is 5.75 Å². The minimum atomic E-state index is -0.0493. The Morgan fingerprint density at radius 3 is 2.74 bits per heavy atom. The van der Waals surface area contributed by atoms with Gasteiger partial charge in [-0.2, -0.15) is 0 Å². The van der Waals surface area contributed by atoms with Crippen molar-refractivity contribution in [1.29, 1.82) is 0 Å². The lowest BCUT2D eigenvalue weighted by Gasteiger charge is -2.18. The second kappa shape index (κ2) is 13.0. The van der Waals surface area contributed by atoms with Gasteiger partial charge in [-0.1, -0.05) is 12.1 Å². The average Bonchev–Trinajstić information content (AvgIpc) is 2.62. The molecule has 27 heavy (non-hydrogen) atoms. The van der Waals surface area contributed by atoms with E-state index in [0.29, 0.717) is 25.7 Å². The van der Waals surface area contributed by atoms with Gasteiger partial charge in [0.05, 0.1) is 6.54 Å². The SMILES string of the molecule is CCOCCCNC(=NCC(=O)N(C)C)NCC(C)Oc1cccc(C)c1. The highest BCUT2D eigenvalue weighted by Gasteiger charge is 2.08. The van der Waals surface area contributed by atoms with Gasteiger partial charge in [0.2, 0.25) is 5.91 Å². The molecule has 1 rings (SSSR count). The van der Waals surface area contributed by atoms with Crippen molar-refractivity contribution in [3.8, 4) is 5.75 Å². The van der Waals surface area contributed by atoms with E-state index in [1.807, 2.05) is 45.0 Å². The predicted octanol–water partition coefficient (Wildman–Crippen LogP) is 1.81. The van der Waals surface area contributed by atoms with Crippen LogP contribution in [-0.2, 0) is 9.53 Å². The van der Waals surface area contributed by atoms with Gasteiger partial charge < -0.3 is 25.0 Å². The van der Waals surface area contributed by atoms with Crippen LogP contribution in [0.3, 0.4) is 0 Å². The van der Waals surface area contributed by atoms with Crippen LogP contribution in [0.25, 0.3) is 0 Å². The van der Waals surface area contributed by atoms with Gasteiger partial charge in [-0.25, -0.2) is 4.99 Å². The zero-order valence-corrected chi connectivity index (χ0v) is 17.2. The van der Waals surface area contributed by atoms with E-state index in [9.17, 15) is 4.79 Å². The van der Waals surface area contributed by atoms with E-state index in [1.165, 1.54) is 4.90 Å². The maximum Gasteiger partial charge on any atom is 0.243 e. The summed E-state index contributed by atoms with van der Waals surface area (Å²) >= 11 is 0. The third kappa shape index (κ3) is 10.5. The van der Waals surface area contributed by atoms with Crippen molar-refractivity contribution >= 4 is 11.9 Å². The molecule has 0 fully saturated rings. The van der Waals surface area contributed by atoms with Crippen molar-refractivity contribution in [1.82, 2.24) is 15.5 Å². The van der Waals surface area contributed by atoms with Gasteiger partial charge in [0, 0.05) is 33.9 Å². The number of nitrogens with zero attached hydrogens (tertiary/aromatic N) is 2. The Labute approximate surface area is 163 Å². The quantitative estimate of drug-likeness (QED) is 0.349. The van der Waals surface area contributed by atoms with Crippen molar-refractivity contribution in [3.63, 3.8) is 0 Å². The van der Waals surface area contributed by atoms with Crippen LogP contribution in [0.15, 0.2) is 29.3 Å². The van der Waals surface area contributed by atoms with E-state index < -0.39 is 0 Å². The van der Waals surface area contributed by atoms with E-state index >= 15 is 0 Å². The molecule has 0 radical (unpaired) electrons. The molecule has 2 N–H and O–H groups in total. The number of benzene rings is 1. The molecular formula is C20H34N4O3. The fourth-order valence-corrected chi connectivity index (χ4v) is 2.19. The summed E-state index contributed by atoms with van der Waals surface area (Å²) in [5.41, 5.74) is 1.16. The first-order chi connectivity index (χ1) is 12.9. The Morgan fingerprint density at radius 2 is 2.07 bits per heavy atom. The number of carbonyl (C=O) groups excluding carboxylic acids is 1. The molecule has 1 aromatic carbocycles. The topological polar surface area (TPSA) is 75.2 Å². The molecule has 7 heteroatoms. The van der Waals surface area contributed by atoms with Crippen LogP contribution in [0, 0.1) is 6.92 Å². The van der Waals surface area contributed by atoms with Crippen LogP contribution < -0.4 is 15.4 Å². The van der Waals surface area contributed by atoms with Crippen LogP contribution in [0.4, 0.5) is 0 Å². The molecule has 0 aliphatic heterocycles. The Balaban J connectivity index is 2.52. The van der Waals surface area contributed by atoms with Crippen molar-refractivity contribution in [2.45, 2.75) is 33.3 Å². The Morgan fingerprint density at radius 1 is 1.30 bits per heavy atom. The fraction of sp³-hybridized carbons (Fsp3) is 0.600. The standard InChI is InChI=1S/C20H34N4O3/c1-6-26-12-8-11-21-20(23-15-19(25)24(4)5)22-14-17(3)27-18-10-7-9-16(2)13-18/h7,9-10,13,17H,6,8,11-12,14-15H2,1-5H3,(H2,21,22,23). The number of aliphatic imine (C=N–C) groups is 1. The van der Waals surface area contributed by atoms with Crippen molar-refractivity contribution in [2.24, 2.45) is 4.99 Å². The third-order valence-corrected chi connectivity index (χ3v) is 3.72. The summed E-state index contributed by atoms with van der Waals surface area (Å²) in [5, 5.41) is 6.48. The summed E-state index contributed by atoms with van der Waals surface area (Å²) in [4.78, 5) is 17.7. The minimum absolute atomic E-state index is 0.0468. The largest absolute Gasteiger partial charge is 0.489 e. The lowest BCUT2D eigenvalue weighted by atomic mass is 10.2. The molecule has 0 aromatic heterocycles. The maximum atomic E-state index is 11.8. The second-order valence-corrected chi connectivity index (χ2v) is 6.56. The number of aryl methyl sites for hydroxylation is 1. The van der Waals surface area contributed by atoms with Gasteiger partial charge in [0.1, 0.15) is 18.4 Å². The molecule has 1 amide bonds. The van der Waals surface area contributed by atoms with Gasteiger partial charge in [-0.3, -0.25) is 4.79 Å². The van der Waals surface area contributed by atoms with Crippen molar-refractivity contribution in [3.05, 3.63) is 29.8 Å². The summed E-state index contributed by atoms with van der Waals surface area (Å²) in [6.07, 6.45) is 0.817. The van der Waals surface area contributed by atoms with E-state index in [2.05, 4.69) is 15.6 Å². The monoisotopic (exact) mass is 378 g/mol. The van der Waals surface area contributed by atoms with Crippen LogP contribution >= 0.6 is 0 Å². The van der Waals surface area contributed by atoms with E-state index in [0.717, 1.165) is 24.3 Å². The maximum absolute atomic E-state index is 11.8. The minimum Gasteiger partial charge on any atom is -0.489 e. The van der Waals surface area contributed by atoms with E-state index in [-0.39, 0.29) is 18.6 Å². The lowest BCUT2D eigenvalue weighted by molar-refractivity contribution is -0.127. The highest BCUT2D eigenvalue weighted by Crippen LogP contribution is 2.13. The summed E-state index contributed by atoms with van der Waals surface area (Å²) in [5.74, 6) is 1.39. The first-order valence-electron chi connectivity index (χ1n) is 9.45. The molecule has 0 bridgehead atoms. The van der Waals surface area contributed by atoms with Gasteiger partial charge in [0.15, 0.2) is 5.96 Å². The molecule has 7 nitrogen and oxygen atoms in total. The fourth-order valence-electron chi connectivity index (χ4n) is 2.19. The van der Waals surface area contributed by atoms with Crippen molar-refractivity contribution in [2.75, 3.05) is 46.9 Å². The van der Waals surface area contributed by atoms with Crippen molar-refractivity contribution < 1.29 is 14.3 Å². The summed E-state index contributed by atoms with van der Waals surface area (Å²) in [6.45, 7) is 8.80. The van der Waals surface area contributed by atoms with Crippen LogP contribution in [-0.4, -0.2) is 69.8 Å². The number of hydrogen-bond donors (Lipinski definition) is 2. The molecule has 1 aromatic rings. The van der Waals surface area contributed by atoms with Gasteiger partial charge in [-0.15, -0.1) is 0 Å². The first-order valence-corrected chi connectivity index (χ1v) is 9.45. The summed E-state index contributed by atoms with van der Waals surface area (Å²) < 4.78 is 11.3. The second-order valence-electron chi connectivity index (χ2n) is 6.56. The normalized spacial score (nSPS) is 12.4. The number of rotatable bonds is 11. The van der Waals surface area contributed by atoms with Gasteiger partial charge >= 0.3 is 0 Å². The molecule has 0 spiro atoms. The Bertz CT molecular complexity index is 590. The Hall–Kier alpha value is -2.28.